The van der Waals surface area contributed by atoms with E-state index in [2.05, 4.69) is 26.6 Å². The molecule has 1 saturated heterocycles. The van der Waals surface area contributed by atoms with Gasteiger partial charge in [-0.25, -0.2) is 9.59 Å². The maximum Gasteiger partial charge on any atom is 0.408 e. The van der Waals surface area contributed by atoms with Crippen LogP contribution in [0.15, 0.2) is 45.8 Å². The van der Waals surface area contributed by atoms with Gasteiger partial charge in [-0.1, -0.05) is 40.9 Å². The minimum absolute atomic E-state index is 0.0794. The third-order valence-corrected chi connectivity index (χ3v) is 9.84. The molecule has 12 nitrogen and oxygen atoms in total. The molecular formula is C31H42BrN3O9S. The molecular weight excluding hydrogens is 670 g/mol. The predicted molar refractivity (Wildman–Crippen MR) is 167 cm³/mol. The summed E-state index contributed by atoms with van der Waals surface area (Å²) >= 11 is 3.28. The number of alkyl carbamates (subject to hydrolysis) is 1. The van der Waals surface area contributed by atoms with Crippen LogP contribution in [0.2, 0.25) is 0 Å². The van der Waals surface area contributed by atoms with Crippen molar-refractivity contribution in [1.82, 2.24) is 15.5 Å². The van der Waals surface area contributed by atoms with Crippen LogP contribution in [0.1, 0.15) is 72.6 Å². The molecule has 0 spiro atoms. The van der Waals surface area contributed by atoms with Crippen molar-refractivity contribution in [2.45, 2.75) is 107 Å². The van der Waals surface area contributed by atoms with Gasteiger partial charge in [0.05, 0.1) is 17.6 Å². The topological polar surface area (TPSA) is 157 Å². The van der Waals surface area contributed by atoms with Crippen LogP contribution in [0.5, 0.6) is 0 Å². The van der Waals surface area contributed by atoms with Crippen LogP contribution in [0.4, 0.5) is 4.79 Å². The van der Waals surface area contributed by atoms with E-state index in [1.165, 1.54) is 17.0 Å². The first-order valence-corrected chi connectivity index (χ1v) is 17.5. The van der Waals surface area contributed by atoms with Gasteiger partial charge in [-0.15, -0.1) is 0 Å². The lowest BCUT2D eigenvalue weighted by Gasteiger charge is -2.30. The average Bonchev–Trinajstić information content (AvgIpc) is 3.48. The van der Waals surface area contributed by atoms with Crippen LogP contribution in [0, 0.1) is 5.92 Å². The highest BCUT2D eigenvalue weighted by Crippen LogP contribution is 2.46. The first-order valence-electron chi connectivity index (χ1n) is 15.3. The molecule has 248 valence electrons. The molecule has 0 aromatic heterocycles. The lowest BCUT2D eigenvalue weighted by atomic mass is 10.0. The zero-order valence-electron chi connectivity index (χ0n) is 26.0. The largest absolute Gasteiger partial charge is 0.464 e. The van der Waals surface area contributed by atoms with Gasteiger partial charge in [0, 0.05) is 23.4 Å². The average molecular weight is 713 g/mol. The van der Waals surface area contributed by atoms with Crippen LogP contribution in [0.3, 0.4) is 0 Å². The monoisotopic (exact) mass is 711 g/mol. The second-order valence-electron chi connectivity index (χ2n) is 12.6. The number of carbonyl (C=O) groups excluding carboxylic acids is 4. The smallest absolute Gasteiger partial charge is 0.408 e. The maximum absolute atomic E-state index is 14.1. The molecule has 2 aliphatic heterocycles. The Bertz CT molecular complexity index is 1410. The molecule has 2 N–H and O–H groups in total. The number of esters is 1. The van der Waals surface area contributed by atoms with Gasteiger partial charge >= 0.3 is 12.1 Å². The molecule has 2 fully saturated rings. The van der Waals surface area contributed by atoms with Crippen molar-refractivity contribution in [3.05, 3.63) is 40.9 Å². The van der Waals surface area contributed by atoms with Crippen molar-refractivity contribution in [2.24, 2.45) is 5.92 Å². The molecule has 0 bridgehead atoms. The van der Waals surface area contributed by atoms with E-state index in [1.807, 2.05) is 12.2 Å². The first kappa shape index (κ1) is 34.9. The highest BCUT2D eigenvalue weighted by atomic mass is 79.9. The van der Waals surface area contributed by atoms with Gasteiger partial charge in [-0.3, -0.25) is 13.8 Å². The van der Waals surface area contributed by atoms with Crippen molar-refractivity contribution in [3.63, 3.8) is 0 Å². The first-order chi connectivity index (χ1) is 21.1. The number of fused-ring (bicyclic) bond motifs is 2. The number of nitrogens with one attached hydrogen (secondary N) is 2. The normalized spacial score (nSPS) is 28.4. The summed E-state index contributed by atoms with van der Waals surface area (Å²) in [6.45, 7) is 6.70. The second-order valence-corrected chi connectivity index (χ2v) is 15.1. The minimum atomic E-state index is -4.25. The van der Waals surface area contributed by atoms with Gasteiger partial charge in [0.2, 0.25) is 11.8 Å². The van der Waals surface area contributed by atoms with Crippen molar-refractivity contribution >= 4 is 49.9 Å². The Kier molecular flexibility index (Phi) is 11.0. The maximum atomic E-state index is 14.1. The van der Waals surface area contributed by atoms with E-state index in [9.17, 15) is 27.6 Å². The third kappa shape index (κ3) is 8.85. The molecule has 1 saturated carbocycles. The van der Waals surface area contributed by atoms with Crippen molar-refractivity contribution in [1.29, 1.82) is 0 Å². The molecule has 1 aliphatic carbocycles. The highest BCUT2D eigenvalue weighted by molar-refractivity contribution is 9.10. The number of rotatable bonds is 6. The van der Waals surface area contributed by atoms with Gasteiger partial charge < -0.3 is 25.0 Å². The van der Waals surface area contributed by atoms with E-state index in [0.717, 1.165) is 19.3 Å². The lowest BCUT2D eigenvalue weighted by molar-refractivity contribution is -0.150. The summed E-state index contributed by atoms with van der Waals surface area (Å²) in [5.74, 6) is -2.05. The minimum Gasteiger partial charge on any atom is -0.464 e. The highest BCUT2D eigenvalue weighted by Gasteiger charge is 2.62. The van der Waals surface area contributed by atoms with E-state index in [4.69, 9.17) is 13.7 Å². The molecule has 14 heteroatoms. The van der Waals surface area contributed by atoms with Crippen LogP contribution in [0.25, 0.3) is 0 Å². The molecule has 0 radical (unpaired) electrons. The summed E-state index contributed by atoms with van der Waals surface area (Å²) in [5.41, 5.74) is -2.09. The number of benzene rings is 1. The van der Waals surface area contributed by atoms with Crippen molar-refractivity contribution < 1.29 is 41.3 Å². The quantitative estimate of drug-likeness (QED) is 0.253. The molecule has 2 heterocycles. The molecule has 45 heavy (non-hydrogen) atoms. The fraction of sp³-hybridized carbons (Fsp3) is 0.613. The Labute approximate surface area is 272 Å². The van der Waals surface area contributed by atoms with Gasteiger partial charge in [-0.2, -0.15) is 8.42 Å². The molecule has 1 aromatic rings. The van der Waals surface area contributed by atoms with E-state index >= 15 is 0 Å². The zero-order valence-corrected chi connectivity index (χ0v) is 28.4. The molecule has 0 unspecified atom stereocenters. The number of ether oxygens (including phenoxy) is 2. The fourth-order valence-corrected chi connectivity index (χ4v) is 7.01. The molecule has 3 amide bonds. The Morgan fingerprint density at radius 1 is 1.13 bits per heavy atom. The molecule has 3 aliphatic rings. The van der Waals surface area contributed by atoms with Gasteiger partial charge in [0.1, 0.15) is 23.2 Å². The van der Waals surface area contributed by atoms with E-state index in [1.54, 1.807) is 39.8 Å². The summed E-state index contributed by atoms with van der Waals surface area (Å²) in [4.78, 5) is 55.0. The van der Waals surface area contributed by atoms with Crippen LogP contribution in [-0.2, 0) is 38.2 Å². The summed E-state index contributed by atoms with van der Waals surface area (Å²) in [5, 5.41) is 5.50. The summed E-state index contributed by atoms with van der Waals surface area (Å²) < 4.78 is 43.2. The van der Waals surface area contributed by atoms with Crippen LogP contribution in [-0.4, -0.2) is 79.7 Å². The third-order valence-electron chi connectivity index (χ3n) is 7.94. The van der Waals surface area contributed by atoms with E-state index in [-0.39, 0.29) is 36.8 Å². The Hall–Kier alpha value is -2.97. The number of halogens is 1. The fourth-order valence-electron chi connectivity index (χ4n) is 5.66. The van der Waals surface area contributed by atoms with Crippen LogP contribution >= 0.6 is 15.9 Å². The van der Waals surface area contributed by atoms with Crippen molar-refractivity contribution in [3.8, 4) is 0 Å². The standard InChI is InChI=1S/C31H42BrN3O9S/c1-5-42-28(38)31-18-20(31)11-9-7-6-8-10-12-24(33-29(39)43-30(2,3)4)27(37)35-19-22(17-25(35)26(36)34-31)44-45(40,41)23-15-13-21(32)14-16-23/h9,11,13-16,20,22,24-25H,5-8,10,12,17-19H2,1-4H3,(H,33,39)(H,34,36)/b11-9-/t20-,22-,24+,25+,31-/m1/s1. The number of nitrogens with zero attached hydrogens (tertiary/aromatic N) is 1. The number of allylic oxidation sites excluding steroid dienone is 1. The number of amides is 3. The molecule has 4 rings (SSSR count). The summed E-state index contributed by atoms with van der Waals surface area (Å²) in [6, 6.07) is 3.69. The lowest BCUT2D eigenvalue weighted by Crippen LogP contribution is -2.56. The van der Waals surface area contributed by atoms with Crippen molar-refractivity contribution in [2.75, 3.05) is 13.2 Å². The van der Waals surface area contributed by atoms with E-state index < -0.39 is 63.3 Å². The van der Waals surface area contributed by atoms with E-state index in [0.29, 0.717) is 17.3 Å². The SMILES string of the molecule is CCOC(=O)[C@@]12C[C@H]1/C=C\CCCCC[C@H](NC(=O)OC(C)(C)C)C(=O)N1C[C@H](OS(=O)(=O)c3ccc(Br)cc3)C[C@H]1C(=O)N2. The zero-order chi connectivity index (χ0) is 33.0. The predicted octanol–water partition coefficient (Wildman–Crippen LogP) is 3.98. The second kappa shape index (κ2) is 14.2. The summed E-state index contributed by atoms with van der Waals surface area (Å²) in [6.07, 6.45) is 5.49. The van der Waals surface area contributed by atoms with Gasteiger partial charge in [0.15, 0.2) is 0 Å². The number of carbonyl (C=O) groups is 4. The molecule has 1 aromatic carbocycles. The van der Waals surface area contributed by atoms with Gasteiger partial charge in [-0.05, 0) is 77.6 Å². The van der Waals surface area contributed by atoms with Gasteiger partial charge in [0.25, 0.3) is 10.1 Å². The number of hydrogen-bond acceptors (Lipinski definition) is 9. The summed E-state index contributed by atoms with van der Waals surface area (Å²) in [7, 11) is -4.25. The Morgan fingerprint density at radius 3 is 2.51 bits per heavy atom. The molecule has 5 atom stereocenters. The Balaban J connectivity index is 1.65. The number of hydrogen-bond donors (Lipinski definition) is 2. The Morgan fingerprint density at radius 2 is 1.84 bits per heavy atom. The van der Waals surface area contributed by atoms with Crippen LogP contribution < -0.4 is 10.6 Å².